The number of benzene rings is 5. The molecule has 1 aliphatic rings. The first-order chi connectivity index (χ1) is 21.4. The lowest BCUT2D eigenvalue weighted by molar-refractivity contribution is 1.19. The molecule has 202 valence electrons. The number of rotatable bonds is 6. The third-order valence-electron chi connectivity index (χ3n) is 7.81. The Morgan fingerprint density at radius 3 is 1.70 bits per heavy atom. The van der Waals surface area contributed by atoms with Crippen molar-refractivity contribution in [1.82, 2.24) is 9.38 Å². The molecule has 0 spiro atoms. The molecule has 1 aliphatic carbocycles. The Morgan fingerprint density at radius 2 is 1.09 bits per heavy atom. The van der Waals surface area contributed by atoms with Crippen LogP contribution in [0.3, 0.4) is 0 Å². The van der Waals surface area contributed by atoms with E-state index in [-0.39, 0.29) is 0 Å². The number of para-hydroxylation sites is 3. The average molecular weight is 551 g/mol. The van der Waals surface area contributed by atoms with Gasteiger partial charge >= 0.3 is 0 Å². The Balaban J connectivity index is 1.57. The van der Waals surface area contributed by atoms with E-state index in [4.69, 9.17) is 4.98 Å². The van der Waals surface area contributed by atoms with Crippen molar-refractivity contribution in [3.8, 4) is 0 Å². The lowest BCUT2D eigenvalue weighted by Gasteiger charge is -2.31. The predicted octanol–water partition coefficient (Wildman–Crippen LogP) is 10.0. The third kappa shape index (κ3) is 4.15. The van der Waals surface area contributed by atoms with E-state index < -0.39 is 0 Å². The average Bonchev–Trinajstić information content (AvgIpc) is 3.47. The first-order valence-corrected chi connectivity index (χ1v) is 14.3. The van der Waals surface area contributed by atoms with Gasteiger partial charge in [0.25, 0.3) is 0 Å². The number of pyridine rings is 1. The van der Waals surface area contributed by atoms with Gasteiger partial charge in [-0.15, -0.1) is 0 Å². The molecule has 0 unspecified atom stereocenters. The highest BCUT2D eigenvalue weighted by molar-refractivity contribution is 6.21. The monoisotopic (exact) mass is 550 g/mol. The third-order valence-corrected chi connectivity index (χ3v) is 7.81. The quantitative estimate of drug-likeness (QED) is 0.152. The number of hydrogen-bond acceptors (Lipinski definition) is 3. The molecule has 0 bridgehead atoms. The molecule has 0 radical (unpaired) electrons. The zero-order valence-electron chi connectivity index (χ0n) is 23.3. The summed E-state index contributed by atoms with van der Waals surface area (Å²) < 4.78 is 2.21. The molecule has 0 saturated carbocycles. The normalized spacial score (nSPS) is 12.2. The van der Waals surface area contributed by atoms with Crippen molar-refractivity contribution in [2.24, 2.45) is 0 Å². The Kier molecular flexibility index (Phi) is 5.98. The minimum absolute atomic E-state index is 0.886. The Morgan fingerprint density at radius 1 is 0.535 bits per heavy atom. The van der Waals surface area contributed by atoms with Crippen molar-refractivity contribution in [2.45, 2.75) is 0 Å². The van der Waals surface area contributed by atoms with Crippen molar-refractivity contribution in [3.63, 3.8) is 0 Å². The van der Waals surface area contributed by atoms with Crippen molar-refractivity contribution in [1.29, 1.82) is 0 Å². The van der Waals surface area contributed by atoms with Crippen molar-refractivity contribution in [3.05, 3.63) is 175 Å². The largest absolute Gasteiger partial charge is 0.308 e. The number of aromatic nitrogens is 2. The second-order valence-electron chi connectivity index (χ2n) is 10.3. The Labute approximate surface area is 249 Å². The molecule has 0 atom stereocenters. The molecule has 8 rings (SSSR count). The molecule has 4 heteroatoms. The van der Waals surface area contributed by atoms with E-state index in [0.717, 1.165) is 61.6 Å². The summed E-state index contributed by atoms with van der Waals surface area (Å²) in [7, 11) is 0. The van der Waals surface area contributed by atoms with E-state index in [2.05, 4.69) is 165 Å². The molecule has 4 nitrogen and oxygen atoms in total. The molecule has 0 saturated heterocycles. The van der Waals surface area contributed by atoms with E-state index >= 15 is 0 Å². The number of anilines is 5. The summed E-state index contributed by atoms with van der Waals surface area (Å²) in [6.07, 6.45) is 8.10. The maximum atomic E-state index is 5.35. The van der Waals surface area contributed by atoms with Crippen LogP contribution < -0.4 is 9.80 Å². The summed E-state index contributed by atoms with van der Waals surface area (Å²) >= 11 is 0. The first-order valence-electron chi connectivity index (χ1n) is 14.3. The fraction of sp³-hybridized carbons (Fsp3) is 0. The first kappa shape index (κ1) is 24.7. The van der Waals surface area contributed by atoms with Gasteiger partial charge < -0.3 is 9.80 Å². The van der Waals surface area contributed by atoms with Crippen LogP contribution in [0.1, 0.15) is 0 Å². The van der Waals surface area contributed by atoms with Gasteiger partial charge in [0, 0.05) is 40.1 Å². The lowest BCUT2D eigenvalue weighted by atomic mass is 10.0. The molecule has 7 aromatic rings. The molecule has 5 aromatic carbocycles. The van der Waals surface area contributed by atoms with Crippen LogP contribution in [-0.4, -0.2) is 9.38 Å². The van der Waals surface area contributed by atoms with Gasteiger partial charge in [0.1, 0.15) is 11.2 Å². The Bertz CT molecular complexity index is 2210. The number of hydrogen-bond donors (Lipinski definition) is 0. The molecule has 0 fully saturated rings. The second kappa shape index (κ2) is 10.4. The van der Waals surface area contributed by atoms with Crippen LogP contribution in [0, 0.1) is 0 Å². The van der Waals surface area contributed by atoms with Crippen LogP contribution in [-0.2, 0) is 0 Å². The van der Waals surface area contributed by atoms with Crippen molar-refractivity contribution < 1.29 is 0 Å². The summed E-state index contributed by atoms with van der Waals surface area (Å²) in [5, 5.41) is 2.22. The van der Waals surface area contributed by atoms with Crippen molar-refractivity contribution >= 4 is 55.9 Å². The van der Waals surface area contributed by atoms with E-state index in [1.165, 1.54) is 0 Å². The second-order valence-corrected chi connectivity index (χ2v) is 10.3. The molecule has 2 aromatic heterocycles. The number of nitrogens with zero attached hydrogens (tertiary/aromatic N) is 4. The maximum Gasteiger partial charge on any atom is 0.138 e. The van der Waals surface area contributed by atoms with Crippen molar-refractivity contribution in [2.75, 3.05) is 9.80 Å². The van der Waals surface area contributed by atoms with Crippen LogP contribution in [0.5, 0.6) is 0 Å². The predicted molar refractivity (Wildman–Crippen MR) is 178 cm³/mol. The number of fused-ring (bicyclic) bond motifs is 4. The van der Waals surface area contributed by atoms with E-state index in [1.54, 1.807) is 0 Å². The van der Waals surface area contributed by atoms with Crippen LogP contribution in [0.15, 0.2) is 175 Å². The molecule has 2 heterocycles. The smallest absolute Gasteiger partial charge is 0.138 e. The fourth-order valence-corrected chi connectivity index (χ4v) is 6.01. The maximum absolute atomic E-state index is 5.35. The molecule has 0 aliphatic heterocycles. The van der Waals surface area contributed by atoms with Gasteiger partial charge in [-0.3, -0.25) is 4.40 Å². The summed E-state index contributed by atoms with van der Waals surface area (Å²) in [4.78, 5) is 10.00. The lowest BCUT2D eigenvalue weighted by Crippen LogP contribution is -2.18. The van der Waals surface area contributed by atoms with Gasteiger partial charge in [-0.2, -0.15) is 0 Å². The van der Waals surface area contributed by atoms with Gasteiger partial charge in [-0.05, 0) is 60.7 Å². The van der Waals surface area contributed by atoms with E-state index in [0.29, 0.717) is 0 Å². The molecular formula is C39H26N4. The SMILES string of the molecule is C1=C=CC(N(c2ccccc2)c2c3ccccc3c(N(c3ccccc3)c3ccccc3)c3nc4ccccn4c23)=CC=1. The van der Waals surface area contributed by atoms with Crippen LogP contribution in [0.4, 0.5) is 28.4 Å². The highest BCUT2D eigenvalue weighted by Crippen LogP contribution is 2.50. The summed E-state index contributed by atoms with van der Waals surface area (Å²) in [6, 6.07) is 46.4. The molecule has 0 N–H and O–H groups in total. The van der Waals surface area contributed by atoms with Gasteiger partial charge in [0.05, 0.1) is 22.6 Å². The molecule has 43 heavy (non-hydrogen) atoms. The minimum atomic E-state index is 0.886. The zero-order chi connectivity index (χ0) is 28.6. The van der Waals surface area contributed by atoms with E-state index in [1.807, 2.05) is 18.2 Å². The van der Waals surface area contributed by atoms with Crippen LogP contribution in [0.25, 0.3) is 27.5 Å². The minimum Gasteiger partial charge on any atom is -0.308 e. The number of allylic oxidation sites excluding steroid dienone is 3. The standard InChI is InChI=1S/C39H26N4/c1-5-17-29(18-6-1)42(30-19-7-2-8-20-30)37-33-25-13-14-26-34(33)38(39-36(37)40-35-27-15-16-28-41(35)39)43(31-21-9-3-10-22-31)32-23-11-4-12-24-32/h1-3,5-11,13-28H. The summed E-state index contributed by atoms with van der Waals surface area (Å²) in [6.45, 7) is 0. The highest BCUT2D eigenvalue weighted by Gasteiger charge is 2.28. The van der Waals surface area contributed by atoms with E-state index in [9.17, 15) is 0 Å². The summed E-state index contributed by atoms with van der Waals surface area (Å²) in [5.74, 6) is 0. The topological polar surface area (TPSA) is 23.8 Å². The fourth-order valence-electron chi connectivity index (χ4n) is 6.01. The van der Waals surface area contributed by atoms with Gasteiger partial charge in [0.15, 0.2) is 0 Å². The van der Waals surface area contributed by atoms with Gasteiger partial charge in [-0.25, -0.2) is 4.98 Å². The molecule has 0 amide bonds. The van der Waals surface area contributed by atoms with Crippen LogP contribution >= 0.6 is 0 Å². The van der Waals surface area contributed by atoms with Crippen LogP contribution in [0.2, 0.25) is 0 Å². The zero-order valence-corrected chi connectivity index (χ0v) is 23.3. The molecular weight excluding hydrogens is 524 g/mol. The highest BCUT2D eigenvalue weighted by atomic mass is 15.2. The van der Waals surface area contributed by atoms with Gasteiger partial charge in [0.2, 0.25) is 0 Å². The Hall–Kier alpha value is -6.05. The summed E-state index contributed by atoms with van der Waals surface area (Å²) in [5.41, 5.74) is 15.4. The van der Waals surface area contributed by atoms with Gasteiger partial charge in [-0.1, -0.05) is 96.4 Å². The number of imidazole rings is 1.